The fourth-order valence-corrected chi connectivity index (χ4v) is 2.71. The number of nitrogens with one attached hydrogen (secondary N) is 2. The third kappa shape index (κ3) is 2.06. The van der Waals surface area contributed by atoms with Gasteiger partial charge in [0.25, 0.3) is 0 Å². The number of halogens is 1. The topological polar surface area (TPSA) is 50.4 Å². The molecule has 0 radical (unpaired) electrons. The molecule has 1 aromatic rings. The Morgan fingerprint density at radius 2 is 2.00 bits per heavy atom. The zero-order valence-electron chi connectivity index (χ0n) is 9.86. The van der Waals surface area contributed by atoms with Crippen molar-refractivity contribution in [3.63, 3.8) is 0 Å². The van der Waals surface area contributed by atoms with Crippen molar-refractivity contribution in [1.82, 2.24) is 10.6 Å². The summed E-state index contributed by atoms with van der Waals surface area (Å²) >= 11 is 0. The maximum Gasteiger partial charge on any atom is 0.317 e. The maximum absolute atomic E-state index is 12.9. The number of amides is 2. The summed E-state index contributed by atoms with van der Waals surface area (Å²) in [7, 11) is 0. The zero-order valence-corrected chi connectivity index (χ0v) is 9.86. The van der Waals surface area contributed by atoms with Crippen molar-refractivity contribution in [2.75, 3.05) is 6.61 Å². The Hall–Kier alpha value is -1.62. The van der Waals surface area contributed by atoms with E-state index in [1.165, 1.54) is 12.1 Å². The Bertz CT molecular complexity index is 449. The fraction of sp³-hybridized carbons (Fsp3) is 0.462. The largest absolute Gasteiger partial charge is 0.358 e. The van der Waals surface area contributed by atoms with Crippen LogP contribution >= 0.6 is 0 Å². The van der Waals surface area contributed by atoms with E-state index in [9.17, 15) is 9.18 Å². The Kier molecular flexibility index (Phi) is 2.91. The molecule has 3 unspecified atom stereocenters. The van der Waals surface area contributed by atoms with Gasteiger partial charge in [-0.1, -0.05) is 12.1 Å². The van der Waals surface area contributed by atoms with Crippen molar-refractivity contribution >= 4 is 6.03 Å². The molecule has 0 saturated carbocycles. The fourth-order valence-electron chi connectivity index (χ4n) is 2.71. The van der Waals surface area contributed by atoms with E-state index in [-0.39, 0.29) is 30.0 Å². The summed E-state index contributed by atoms with van der Waals surface area (Å²) in [6, 6.07) is 5.94. The van der Waals surface area contributed by atoms with Crippen molar-refractivity contribution in [2.24, 2.45) is 5.92 Å². The summed E-state index contributed by atoms with van der Waals surface area (Å²) in [5.74, 6) is -0.0719. The van der Waals surface area contributed by atoms with Crippen LogP contribution in [-0.4, -0.2) is 18.9 Å². The summed E-state index contributed by atoms with van der Waals surface area (Å²) in [6.45, 7) is 0.678. The first-order valence-electron chi connectivity index (χ1n) is 6.18. The van der Waals surface area contributed by atoms with E-state index in [0.717, 1.165) is 18.4 Å². The van der Waals surface area contributed by atoms with Gasteiger partial charge in [0.1, 0.15) is 12.0 Å². The third-order valence-electron chi connectivity index (χ3n) is 3.59. The van der Waals surface area contributed by atoms with E-state index in [2.05, 4.69) is 10.6 Å². The molecule has 2 fully saturated rings. The Labute approximate surface area is 105 Å². The second kappa shape index (κ2) is 4.57. The molecule has 96 valence electrons. The van der Waals surface area contributed by atoms with E-state index < -0.39 is 0 Å². The number of carbonyl (C=O) groups is 1. The molecule has 4 nitrogen and oxygen atoms in total. The zero-order chi connectivity index (χ0) is 12.5. The van der Waals surface area contributed by atoms with Gasteiger partial charge in [0.05, 0.1) is 6.04 Å². The summed E-state index contributed by atoms with van der Waals surface area (Å²) in [5, 5.41) is 5.68. The predicted octanol–water partition coefficient (Wildman–Crippen LogP) is 1.93. The maximum atomic E-state index is 12.9. The minimum atomic E-state index is -0.268. The minimum Gasteiger partial charge on any atom is -0.358 e. The monoisotopic (exact) mass is 250 g/mol. The van der Waals surface area contributed by atoms with E-state index >= 15 is 0 Å². The third-order valence-corrected chi connectivity index (χ3v) is 3.59. The van der Waals surface area contributed by atoms with Gasteiger partial charge in [-0.3, -0.25) is 0 Å². The highest BCUT2D eigenvalue weighted by molar-refractivity contribution is 5.75. The molecule has 2 heterocycles. The molecule has 2 N–H and O–H groups in total. The quantitative estimate of drug-likeness (QED) is 0.800. The van der Waals surface area contributed by atoms with Gasteiger partial charge >= 0.3 is 6.03 Å². The molecular formula is C13H15FN2O2. The van der Waals surface area contributed by atoms with Crippen LogP contribution in [0.15, 0.2) is 24.3 Å². The molecular weight excluding hydrogens is 235 g/mol. The molecule has 2 aliphatic rings. The normalized spacial score (nSPS) is 31.2. The molecule has 2 aliphatic heterocycles. The number of hydrogen-bond donors (Lipinski definition) is 2. The standard InChI is InChI=1S/C13H15FN2O2/c14-9-5-3-8(4-6-9)11-10-2-1-7-18-12(10)16-13(17)15-11/h3-6,10-12H,1-2,7H2,(H2,15,16,17). The first-order valence-corrected chi connectivity index (χ1v) is 6.18. The molecule has 2 saturated heterocycles. The summed E-state index contributed by atoms with van der Waals surface area (Å²) in [4.78, 5) is 11.6. The molecule has 5 heteroatoms. The van der Waals surface area contributed by atoms with E-state index in [0.29, 0.717) is 6.61 Å². The summed E-state index contributed by atoms with van der Waals surface area (Å²) < 4.78 is 18.5. The smallest absolute Gasteiger partial charge is 0.317 e. The van der Waals surface area contributed by atoms with Gasteiger partial charge in [0.2, 0.25) is 0 Å². The molecule has 0 aromatic heterocycles. The van der Waals surface area contributed by atoms with E-state index in [1.807, 2.05) is 0 Å². The number of ether oxygens (including phenoxy) is 1. The van der Waals surface area contributed by atoms with Crippen molar-refractivity contribution in [2.45, 2.75) is 25.1 Å². The van der Waals surface area contributed by atoms with Crippen LogP contribution in [0, 0.1) is 11.7 Å². The molecule has 3 atom stereocenters. The van der Waals surface area contributed by atoms with Crippen LogP contribution in [0.4, 0.5) is 9.18 Å². The van der Waals surface area contributed by atoms with E-state index in [1.54, 1.807) is 12.1 Å². The van der Waals surface area contributed by atoms with Crippen LogP contribution in [0.2, 0.25) is 0 Å². The number of hydrogen-bond acceptors (Lipinski definition) is 2. The average Bonchev–Trinajstić information content (AvgIpc) is 2.38. The Morgan fingerprint density at radius 3 is 2.78 bits per heavy atom. The molecule has 0 bridgehead atoms. The summed E-state index contributed by atoms with van der Waals surface area (Å²) in [5.41, 5.74) is 0.923. The lowest BCUT2D eigenvalue weighted by Gasteiger charge is -2.41. The summed E-state index contributed by atoms with van der Waals surface area (Å²) in [6.07, 6.45) is 1.73. The van der Waals surface area contributed by atoms with Crippen molar-refractivity contribution < 1.29 is 13.9 Å². The molecule has 0 spiro atoms. The van der Waals surface area contributed by atoms with Crippen molar-refractivity contribution in [3.8, 4) is 0 Å². The van der Waals surface area contributed by atoms with Crippen LogP contribution in [0.3, 0.4) is 0 Å². The molecule has 0 aliphatic carbocycles. The number of urea groups is 1. The van der Waals surface area contributed by atoms with Gasteiger partial charge in [-0.25, -0.2) is 9.18 Å². The first kappa shape index (κ1) is 11.5. The Morgan fingerprint density at radius 1 is 1.22 bits per heavy atom. The number of rotatable bonds is 1. The van der Waals surface area contributed by atoms with Gasteiger partial charge in [-0.15, -0.1) is 0 Å². The van der Waals surface area contributed by atoms with E-state index in [4.69, 9.17) is 4.74 Å². The molecule has 3 rings (SSSR count). The molecule has 1 aromatic carbocycles. The highest BCUT2D eigenvalue weighted by atomic mass is 19.1. The lowest BCUT2D eigenvalue weighted by molar-refractivity contribution is -0.0602. The number of carbonyl (C=O) groups excluding carboxylic acids is 1. The highest BCUT2D eigenvalue weighted by Crippen LogP contribution is 2.34. The number of fused-ring (bicyclic) bond motifs is 1. The van der Waals surface area contributed by atoms with Crippen LogP contribution < -0.4 is 10.6 Å². The van der Waals surface area contributed by atoms with Crippen LogP contribution in [0.5, 0.6) is 0 Å². The first-order chi connectivity index (χ1) is 8.74. The predicted molar refractivity (Wildman–Crippen MR) is 63.3 cm³/mol. The SMILES string of the molecule is O=C1NC2OCCCC2C(c2ccc(F)cc2)N1. The van der Waals surface area contributed by atoms with Gasteiger partial charge in [-0.05, 0) is 30.5 Å². The van der Waals surface area contributed by atoms with Crippen molar-refractivity contribution in [1.29, 1.82) is 0 Å². The molecule has 2 amide bonds. The van der Waals surface area contributed by atoms with Gasteiger partial charge in [0, 0.05) is 12.5 Å². The number of benzene rings is 1. The average molecular weight is 250 g/mol. The van der Waals surface area contributed by atoms with Crippen LogP contribution in [0.1, 0.15) is 24.4 Å². The molecule has 18 heavy (non-hydrogen) atoms. The second-order valence-electron chi connectivity index (χ2n) is 4.74. The van der Waals surface area contributed by atoms with Gasteiger partial charge in [0.15, 0.2) is 0 Å². The Balaban J connectivity index is 1.88. The van der Waals surface area contributed by atoms with Crippen LogP contribution in [0.25, 0.3) is 0 Å². The second-order valence-corrected chi connectivity index (χ2v) is 4.74. The van der Waals surface area contributed by atoms with Gasteiger partial charge < -0.3 is 15.4 Å². The lowest BCUT2D eigenvalue weighted by Crippen LogP contribution is -2.58. The van der Waals surface area contributed by atoms with Crippen LogP contribution in [-0.2, 0) is 4.74 Å². The van der Waals surface area contributed by atoms with Gasteiger partial charge in [-0.2, -0.15) is 0 Å². The van der Waals surface area contributed by atoms with Crippen molar-refractivity contribution in [3.05, 3.63) is 35.6 Å². The lowest BCUT2D eigenvalue weighted by atomic mass is 9.85. The minimum absolute atomic E-state index is 0.107. The highest BCUT2D eigenvalue weighted by Gasteiger charge is 2.39.